The molecule has 1 aromatic carbocycles. The highest BCUT2D eigenvalue weighted by atomic mass is 35.5. The summed E-state index contributed by atoms with van der Waals surface area (Å²) in [5, 5.41) is 11.0. The van der Waals surface area contributed by atoms with Crippen LogP contribution in [0.1, 0.15) is 0 Å². The van der Waals surface area contributed by atoms with Gasteiger partial charge in [0.25, 0.3) is 15.7 Å². The molecule has 0 fully saturated rings. The molecule has 10 heteroatoms. The fourth-order valence-corrected chi connectivity index (χ4v) is 2.96. The molecule has 0 aliphatic carbocycles. The molecule has 3 N–H and O–H groups in total. The fraction of sp³-hybridized carbons (Fsp3) is 0. The summed E-state index contributed by atoms with van der Waals surface area (Å²) in [7, 11) is -4.22. The average molecular weight is 329 g/mol. The number of nitro benzene ring substituents is 1. The number of rotatable bonds is 4. The highest BCUT2D eigenvalue weighted by molar-refractivity contribution is 7.92. The largest absolute Gasteiger partial charge is 0.399 e. The van der Waals surface area contributed by atoms with Crippen molar-refractivity contribution in [1.29, 1.82) is 0 Å². The first-order valence-electron chi connectivity index (χ1n) is 5.48. The van der Waals surface area contributed by atoms with Crippen LogP contribution in [0.4, 0.5) is 17.2 Å². The van der Waals surface area contributed by atoms with Crippen LogP contribution < -0.4 is 10.5 Å². The van der Waals surface area contributed by atoms with Crippen molar-refractivity contribution in [3.63, 3.8) is 0 Å². The van der Waals surface area contributed by atoms with Crippen molar-refractivity contribution in [1.82, 2.24) is 4.98 Å². The van der Waals surface area contributed by atoms with Gasteiger partial charge in [0.1, 0.15) is 0 Å². The summed E-state index contributed by atoms with van der Waals surface area (Å²) in [5.41, 5.74) is 4.88. The Kier molecular flexibility index (Phi) is 3.96. The lowest BCUT2D eigenvalue weighted by molar-refractivity contribution is -0.387. The summed E-state index contributed by atoms with van der Waals surface area (Å²) in [4.78, 5) is 13.4. The standard InChI is InChI=1S/C11H9ClN4O4S/c12-8-2-1-5-14-11(8)15-21(19,20)10-4-3-7(13)6-9(10)16(17)18/h1-6H,13H2,(H,14,15). The molecule has 0 aliphatic rings. The summed E-state index contributed by atoms with van der Waals surface area (Å²) in [6.07, 6.45) is 1.33. The van der Waals surface area contributed by atoms with E-state index in [1.165, 1.54) is 24.4 Å². The third-order valence-electron chi connectivity index (χ3n) is 2.46. The lowest BCUT2D eigenvalue weighted by atomic mass is 10.3. The number of halogens is 1. The predicted molar refractivity (Wildman–Crippen MR) is 77.6 cm³/mol. The van der Waals surface area contributed by atoms with E-state index in [0.29, 0.717) is 0 Å². The Morgan fingerprint density at radius 2 is 2.05 bits per heavy atom. The number of sulfonamides is 1. The lowest BCUT2D eigenvalue weighted by Crippen LogP contribution is -2.16. The first-order valence-corrected chi connectivity index (χ1v) is 7.34. The average Bonchev–Trinajstić information content (AvgIpc) is 2.40. The van der Waals surface area contributed by atoms with Gasteiger partial charge in [0.05, 0.1) is 9.95 Å². The van der Waals surface area contributed by atoms with E-state index in [0.717, 1.165) is 12.1 Å². The van der Waals surface area contributed by atoms with Crippen molar-refractivity contribution >= 4 is 38.8 Å². The number of nitrogens with one attached hydrogen (secondary N) is 1. The molecule has 0 amide bonds. The Morgan fingerprint density at radius 1 is 1.33 bits per heavy atom. The minimum atomic E-state index is -4.22. The minimum absolute atomic E-state index is 0.0687. The topological polar surface area (TPSA) is 128 Å². The smallest absolute Gasteiger partial charge is 0.291 e. The van der Waals surface area contributed by atoms with Crippen LogP contribution in [0, 0.1) is 10.1 Å². The first-order chi connectivity index (χ1) is 9.81. The molecular formula is C11H9ClN4O4S. The second-order valence-electron chi connectivity index (χ2n) is 3.92. The Hall–Kier alpha value is -2.39. The predicted octanol–water partition coefficient (Wildman–Crippen LogP) is 2.03. The van der Waals surface area contributed by atoms with Gasteiger partial charge in [0, 0.05) is 18.0 Å². The molecule has 0 atom stereocenters. The van der Waals surface area contributed by atoms with Gasteiger partial charge >= 0.3 is 0 Å². The zero-order valence-electron chi connectivity index (χ0n) is 10.4. The van der Waals surface area contributed by atoms with Crippen LogP contribution in [-0.2, 0) is 10.0 Å². The number of nitrogens with zero attached hydrogens (tertiary/aromatic N) is 2. The zero-order valence-corrected chi connectivity index (χ0v) is 11.9. The number of anilines is 2. The monoisotopic (exact) mass is 328 g/mol. The second kappa shape index (κ2) is 5.54. The van der Waals surface area contributed by atoms with Gasteiger partial charge in [-0.3, -0.25) is 14.8 Å². The van der Waals surface area contributed by atoms with Gasteiger partial charge < -0.3 is 5.73 Å². The fourth-order valence-electron chi connectivity index (χ4n) is 1.55. The number of hydrogen-bond donors (Lipinski definition) is 2. The maximum Gasteiger partial charge on any atom is 0.291 e. The van der Waals surface area contributed by atoms with Gasteiger partial charge in [0.2, 0.25) is 0 Å². The summed E-state index contributed by atoms with van der Waals surface area (Å²) in [6.45, 7) is 0. The van der Waals surface area contributed by atoms with Crippen LogP contribution in [0.3, 0.4) is 0 Å². The quantitative estimate of drug-likeness (QED) is 0.502. The van der Waals surface area contributed by atoms with Crippen molar-refractivity contribution < 1.29 is 13.3 Å². The summed E-state index contributed by atoms with van der Waals surface area (Å²) in [5.74, 6) is -0.120. The maximum absolute atomic E-state index is 12.2. The summed E-state index contributed by atoms with van der Waals surface area (Å²) < 4.78 is 26.6. The lowest BCUT2D eigenvalue weighted by Gasteiger charge is -2.09. The molecule has 2 aromatic rings. The van der Waals surface area contributed by atoms with Crippen LogP contribution in [0.5, 0.6) is 0 Å². The van der Waals surface area contributed by atoms with E-state index in [-0.39, 0.29) is 16.5 Å². The summed E-state index contributed by atoms with van der Waals surface area (Å²) in [6, 6.07) is 6.22. The molecule has 0 saturated heterocycles. The van der Waals surface area contributed by atoms with E-state index >= 15 is 0 Å². The molecule has 21 heavy (non-hydrogen) atoms. The van der Waals surface area contributed by atoms with Crippen molar-refractivity contribution in [3.8, 4) is 0 Å². The number of aromatic nitrogens is 1. The van der Waals surface area contributed by atoms with E-state index < -0.39 is 25.5 Å². The van der Waals surface area contributed by atoms with Gasteiger partial charge in [-0.2, -0.15) is 0 Å². The molecule has 0 aliphatic heterocycles. The second-order valence-corrected chi connectivity index (χ2v) is 5.98. The van der Waals surface area contributed by atoms with Crippen LogP contribution in [0.15, 0.2) is 41.4 Å². The molecule has 1 heterocycles. The third kappa shape index (κ3) is 3.20. The molecular weight excluding hydrogens is 320 g/mol. The number of benzene rings is 1. The highest BCUT2D eigenvalue weighted by Gasteiger charge is 2.26. The van der Waals surface area contributed by atoms with Crippen LogP contribution >= 0.6 is 11.6 Å². The van der Waals surface area contributed by atoms with E-state index in [9.17, 15) is 18.5 Å². The molecule has 2 rings (SSSR count). The van der Waals surface area contributed by atoms with E-state index in [1.807, 2.05) is 0 Å². The number of nitrogens with two attached hydrogens (primary N) is 1. The molecule has 0 bridgehead atoms. The molecule has 0 radical (unpaired) electrons. The van der Waals surface area contributed by atoms with Gasteiger partial charge in [-0.05, 0) is 24.3 Å². The summed E-state index contributed by atoms with van der Waals surface area (Å²) >= 11 is 5.80. The number of pyridine rings is 1. The molecule has 0 spiro atoms. The number of nitro groups is 1. The Balaban J connectivity index is 2.50. The minimum Gasteiger partial charge on any atom is -0.399 e. The number of nitrogen functional groups attached to an aromatic ring is 1. The molecule has 110 valence electrons. The van der Waals surface area contributed by atoms with Gasteiger partial charge in [-0.1, -0.05) is 11.6 Å². The highest BCUT2D eigenvalue weighted by Crippen LogP contribution is 2.28. The maximum atomic E-state index is 12.2. The van der Waals surface area contributed by atoms with Crippen LogP contribution in [0.25, 0.3) is 0 Å². The molecule has 1 aromatic heterocycles. The normalized spacial score (nSPS) is 11.1. The zero-order chi connectivity index (χ0) is 15.6. The van der Waals surface area contributed by atoms with Gasteiger partial charge in [-0.25, -0.2) is 13.4 Å². The van der Waals surface area contributed by atoms with Gasteiger partial charge in [-0.15, -0.1) is 0 Å². The van der Waals surface area contributed by atoms with Gasteiger partial charge in [0.15, 0.2) is 10.7 Å². The van der Waals surface area contributed by atoms with Crippen molar-refractivity contribution in [2.24, 2.45) is 0 Å². The van der Waals surface area contributed by atoms with Crippen molar-refractivity contribution in [3.05, 3.63) is 51.7 Å². The number of hydrogen-bond acceptors (Lipinski definition) is 6. The van der Waals surface area contributed by atoms with E-state index in [1.54, 1.807) is 0 Å². The molecule has 0 saturated carbocycles. The molecule has 0 unspecified atom stereocenters. The Labute approximate surface area is 124 Å². The Bertz CT molecular complexity index is 810. The van der Waals surface area contributed by atoms with E-state index in [2.05, 4.69) is 9.71 Å². The third-order valence-corrected chi connectivity index (χ3v) is 4.15. The van der Waals surface area contributed by atoms with Crippen LogP contribution in [0.2, 0.25) is 5.02 Å². The van der Waals surface area contributed by atoms with Crippen LogP contribution in [-0.4, -0.2) is 18.3 Å². The Morgan fingerprint density at radius 3 is 2.67 bits per heavy atom. The SMILES string of the molecule is Nc1ccc(S(=O)(=O)Nc2ncccc2Cl)c([N+](=O)[O-])c1. The molecule has 8 nitrogen and oxygen atoms in total. The van der Waals surface area contributed by atoms with Crippen molar-refractivity contribution in [2.45, 2.75) is 4.90 Å². The van der Waals surface area contributed by atoms with Crippen molar-refractivity contribution in [2.75, 3.05) is 10.5 Å². The first kappa shape index (κ1) is 15.0. The van der Waals surface area contributed by atoms with E-state index in [4.69, 9.17) is 17.3 Å².